The Morgan fingerprint density at radius 3 is 2.40 bits per heavy atom. The number of nitrogens with one attached hydrogen (secondary N) is 1. The van der Waals surface area contributed by atoms with Crippen LogP contribution in [0.25, 0.3) is 0 Å². The number of sulfonamides is 1. The summed E-state index contributed by atoms with van der Waals surface area (Å²) in [5.41, 5.74) is 0.262. The van der Waals surface area contributed by atoms with Crippen LogP contribution in [0, 0.1) is 17.0 Å². The Kier molecular flexibility index (Phi) is 7.38. The molecule has 2 aromatic carbocycles. The second-order valence-electron chi connectivity index (χ2n) is 6.79. The van der Waals surface area contributed by atoms with E-state index >= 15 is 0 Å². The van der Waals surface area contributed by atoms with Crippen molar-refractivity contribution in [3.05, 3.63) is 58.1 Å². The zero-order valence-electron chi connectivity index (χ0n) is 17.3. The highest BCUT2D eigenvalue weighted by Crippen LogP contribution is 2.29. The zero-order chi connectivity index (χ0) is 22.5. The quantitative estimate of drug-likeness (QED) is 0.478. The van der Waals surface area contributed by atoms with Gasteiger partial charge in [0.25, 0.3) is 15.7 Å². The van der Waals surface area contributed by atoms with Crippen LogP contribution in [0.2, 0.25) is 0 Å². The number of nitro groups is 1. The SMILES string of the molecule is CC[C@@H](C)NC(=O)CN(c1ccc(OC)cc1)S(=O)(=O)c1ccc(C)c([N+](=O)[O-])c1. The van der Waals surface area contributed by atoms with E-state index in [2.05, 4.69) is 5.32 Å². The normalized spacial score (nSPS) is 12.1. The molecule has 2 aromatic rings. The molecule has 1 amide bonds. The van der Waals surface area contributed by atoms with E-state index < -0.39 is 27.4 Å². The van der Waals surface area contributed by atoms with E-state index in [0.29, 0.717) is 17.7 Å². The molecule has 9 nitrogen and oxygen atoms in total. The molecule has 30 heavy (non-hydrogen) atoms. The van der Waals surface area contributed by atoms with Gasteiger partial charge in [0.05, 0.1) is 22.6 Å². The number of amides is 1. The average molecular weight is 436 g/mol. The second-order valence-corrected chi connectivity index (χ2v) is 8.65. The summed E-state index contributed by atoms with van der Waals surface area (Å²) in [4.78, 5) is 22.8. The Balaban J connectivity index is 2.52. The van der Waals surface area contributed by atoms with E-state index in [1.165, 1.54) is 38.3 Å². The molecule has 0 aromatic heterocycles. The van der Waals surface area contributed by atoms with E-state index in [0.717, 1.165) is 10.4 Å². The third-order valence-corrected chi connectivity index (χ3v) is 6.40. The highest BCUT2D eigenvalue weighted by Gasteiger charge is 2.29. The smallest absolute Gasteiger partial charge is 0.273 e. The Hall–Kier alpha value is -3.14. The Bertz CT molecular complexity index is 1020. The number of aryl methyl sites for hydroxylation is 1. The molecule has 0 heterocycles. The van der Waals surface area contributed by atoms with Gasteiger partial charge >= 0.3 is 0 Å². The molecule has 0 aliphatic carbocycles. The van der Waals surface area contributed by atoms with Crippen molar-refractivity contribution < 1.29 is 22.9 Å². The van der Waals surface area contributed by atoms with Crippen LogP contribution in [0.1, 0.15) is 25.8 Å². The molecule has 0 radical (unpaired) electrons. The molecular formula is C20H25N3O6S. The Morgan fingerprint density at radius 2 is 1.87 bits per heavy atom. The van der Waals surface area contributed by atoms with Gasteiger partial charge in [0.1, 0.15) is 12.3 Å². The van der Waals surface area contributed by atoms with Gasteiger partial charge in [0.15, 0.2) is 0 Å². The van der Waals surface area contributed by atoms with Crippen molar-refractivity contribution >= 4 is 27.3 Å². The summed E-state index contributed by atoms with van der Waals surface area (Å²) in [7, 11) is -2.78. The van der Waals surface area contributed by atoms with E-state index in [4.69, 9.17) is 4.74 Å². The van der Waals surface area contributed by atoms with Crippen LogP contribution >= 0.6 is 0 Å². The maximum absolute atomic E-state index is 13.4. The summed E-state index contributed by atoms with van der Waals surface area (Å²) in [6.07, 6.45) is 0.686. The third-order valence-electron chi connectivity index (χ3n) is 4.63. The lowest BCUT2D eigenvalue weighted by Gasteiger charge is -2.25. The Morgan fingerprint density at radius 1 is 1.23 bits per heavy atom. The molecule has 0 saturated heterocycles. The summed E-state index contributed by atoms with van der Waals surface area (Å²) >= 11 is 0. The van der Waals surface area contributed by atoms with E-state index in [1.54, 1.807) is 12.1 Å². The number of hydrogen-bond donors (Lipinski definition) is 1. The highest BCUT2D eigenvalue weighted by molar-refractivity contribution is 7.92. The van der Waals surface area contributed by atoms with Crippen LogP contribution in [0.4, 0.5) is 11.4 Å². The zero-order valence-corrected chi connectivity index (χ0v) is 18.1. The van der Waals surface area contributed by atoms with Gasteiger partial charge in [-0.1, -0.05) is 13.0 Å². The fourth-order valence-corrected chi connectivity index (χ4v) is 4.13. The van der Waals surface area contributed by atoms with Crippen molar-refractivity contribution in [2.45, 2.75) is 38.1 Å². The maximum Gasteiger partial charge on any atom is 0.273 e. The number of nitrogens with zero attached hydrogens (tertiary/aromatic N) is 2. The number of anilines is 1. The molecule has 0 unspecified atom stereocenters. The van der Waals surface area contributed by atoms with Crippen molar-refractivity contribution in [2.24, 2.45) is 0 Å². The summed E-state index contributed by atoms with van der Waals surface area (Å²) in [5.74, 6) is 0.0384. The maximum atomic E-state index is 13.4. The van der Waals surface area contributed by atoms with Crippen molar-refractivity contribution in [3.63, 3.8) is 0 Å². The van der Waals surface area contributed by atoms with Gasteiger partial charge in [-0.05, 0) is 50.6 Å². The minimum Gasteiger partial charge on any atom is -0.497 e. The van der Waals surface area contributed by atoms with Gasteiger partial charge in [-0.15, -0.1) is 0 Å². The molecule has 10 heteroatoms. The van der Waals surface area contributed by atoms with Crippen molar-refractivity contribution in [3.8, 4) is 5.75 Å². The van der Waals surface area contributed by atoms with Gasteiger partial charge in [-0.3, -0.25) is 19.2 Å². The fourth-order valence-electron chi connectivity index (χ4n) is 2.69. The van der Waals surface area contributed by atoms with Crippen LogP contribution < -0.4 is 14.4 Å². The van der Waals surface area contributed by atoms with Gasteiger partial charge < -0.3 is 10.1 Å². The summed E-state index contributed by atoms with van der Waals surface area (Å²) in [6.45, 7) is 4.76. The van der Waals surface area contributed by atoms with Crippen molar-refractivity contribution in [2.75, 3.05) is 18.0 Å². The number of hydrogen-bond acceptors (Lipinski definition) is 6. The monoisotopic (exact) mass is 435 g/mol. The first kappa shape index (κ1) is 23.1. The molecule has 2 rings (SSSR count). The number of benzene rings is 2. The lowest BCUT2D eigenvalue weighted by Crippen LogP contribution is -2.43. The number of methoxy groups -OCH3 is 1. The molecule has 0 fully saturated rings. The minimum atomic E-state index is -4.26. The van der Waals surface area contributed by atoms with Crippen LogP contribution in [-0.4, -0.2) is 38.9 Å². The molecule has 0 spiro atoms. The van der Waals surface area contributed by atoms with Gasteiger partial charge in [-0.2, -0.15) is 0 Å². The number of carbonyl (C=O) groups is 1. The lowest BCUT2D eigenvalue weighted by molar-refractivity contribution is -0.385. The molecule has 1 atom stereocenters. The third kappa shape index (κ3) is 5.26. The number of carbonyl (C=O) groups excluding carboxylic acids is 1. The van der Waals surface area contributed by atoms with Crippen LogP contribution in [0.5, 0.6) is 5.75 Å². The summed E-state index contributed by atoms with van der Waals surface area (Å²) in [6, 6.07) is 9.71. The topological polar surface area (TPSA) is 119 Å². The second kappa shape index (κ2) is 9.57. The first-order valence-electron chi connectivity index (χ1n) is 9.31. The molecule has 0 bridgehead atoms. The van der Waals surface area contributed by atoms with Crippen LogP contribution in [0.3, 0.4) is 0 Å². The Labute approximate surface area is 175 Å². The highest BCUT2D eigenvalue weighted by atomic mass is 32.2. The average Bonchev–Trinajstić information content (AvgIpc) is 2.71. The molecule has 1 N–H and O–H groups in total. The van der Waals surface area contributed by atoms with Gasteiger partial charge in [0, 0.05) is 17.7 Å². The first-order valence-corrected chi connectivity index (χ1v) is 10.7. The van der Waals surface area contributed by atoms with Crippen LogP contribution in [-0.2, 0) is 14.8 Å². The summed E-state index contributed by atoms with van der Waals surface area (Å²) in [5, 5.41) is 14.0. The minimum absolute atomic E-state index is 0.126. The summed E-state index contributed by atoms with van der Waals surface area (Å²) < 4.78 is 32.7. The lowest BCUT2D eigenvalue weighted by atomic mass is 10.2. The number of nitro benzene ring substituents is 1. The molecule has 0 aliphatic rings. The van der Waals surface area contributed by atoms with Gasteiger partial charge in [0.2, 0.25) is 5.91 Å². The van der Waals surface area contributed by atoms with E-state index in [9.17, 15) is 23.3 Å². The van der Waals surface area contributed by atoms with Crippen molar-refractivity contribution in [1.29, 1.82) is 0 Å². The molecule has 162 valence electrons. The number of rotatable bonds is 9. The molecule has 0 aliphatic heterocycles. The fraction of sp³-hybridized carbons (Fsp3) is 0.350. The molecule has 0 saturated carbocycles. The van der Waals surface area contributed by atoms with E-state index in [1.807, 2.05) is 13.8 Å². The predicted molar refractivity (Wildman–Crippen MR) is 113 cm³/mol. The number of ether oxygens (including phenoxy) is 1. The van der Waals surface area contributed by atoms with Crippen LogP contribution in [0.15, 0.2) is 47.4 Å². The predicted octanol–water partition coefficient (Wildman–Crippen LogP) is 3.02. The largest absolute Gasteiger partial charge is 0.497 e. The standard InChI is InChI=1S/C20H25N3O6S/c1-5-15(3)21-20(24)13-22(16-7-9-17(29-4)10-8-16)30(27,28)18-11-6-14(2)19(12-18)23(25)26/h6-12,15H,5,13H2,1-4H3,(H,21,24)/t15-/m1/s1. The van der Waals surface area contributed by atoms with Crippen molar-refractivity contribution in [1.82, 2.24) is 5.32 Å². The van der Waals surface area contributed by atoms with E-state index in [-0.39, 0.29) is 22.3 Å². The molecular weight excluding hydrogens is 410 g/mol. The first-order chi connectivity index (χ1) is 14.1. The van der Waals surface area contributed by atoms with Gasteiger partial charge in [-0.25, -0.2) is 8.42 Å².